The SMILES string of the molecule is O=S(=O)(Cc1ccccc1)N1CCN(C[C@H]2CC=CCC2)CC1. The second-order valence-corrected chi connectivity index (χ2v) is 8.56. The number of allylic oxidation sites excluding steroid dienone is 2. The molecule has 1 aromatic carbocycles. The Morgan fingerprint density at radius 1 is 1.00 bits per heavy atom. The fraction of sp³-hybridized carbons (Fsp3) is 0.556. The van der Waals surface area contributed by atoms with E-state index < -0.39 is 10.0 Å². The van der Waals surface area contributed by atoms with Gasteiger partial charge in [0.1, 0.15) is 0 Å². The van der Waals surface area contributed by atoms with Crippen molar-refractivity contribution in [3.8, 4) is 0 Å². The van der Waals surface area contributed by atoms with Crippen molar-refractivity contribution in [3.63, 3.8) is 0 Å². The summed E-state index contributed by atoms with van der Waals surface area (Å²) in [5, 5.41) is 0. The number of nitrogens with zero attached hydrogens (tertiary/aromatic N) is 2. The molecule has 1 aliphatic heterocycles. The topological polar surface area (TPSA) is 40.6 Å². The molecule has 0 unspecified atom stereocenters. The van der Waals surface area contributed by atoms with Gasteiger partial charge in [0.15, 0.2) is 0 Å². The predicted octanol–water partition coefficient (Wildman–Crippen LogP) is 2.49. The predicted molar refractivity (Wildman–Crippen MR) is 93.6 cm³/mol. The Bertz CT molecular complexity index is 620. The van der Waals surface area contributed by atoms with E-state index in [0.29, 0.717) is 13.1 Å². The van der Waals surface area contributed by atoms with Gasteiger partial charge in [-0.3, -0.25) is 0 Å². The lowest BCUT2D eigenvalue weighted by Crippen LogP contribution is -2.50. The molecular formula is C18H26N2O2S. The molecule has 0 spiro atoms. The molecule has 2 aliphatic rings. The van der Waals surface area contributed by atoms with Gasteiger partial charge in [0.05, 0.1) is 5.75 Å². The summed E-state index contributed by atoms with van der Waals surface area (Å²) in [7, 11) is -3.20. The van der Waals surface area contributed by atoms with Crippen molar-refractivity contribution >= 4 is 10.0 Å². The van der Waals surface area contributed by atoms with Crippen LogP contribution in [0.15, 0.2) is 42.5 Å². The Balaban J connectivity index is 1.50. The monoisotopic (exact) mass is 334 g/mol. The van der Waals surface area contributed by atoms with E-state index in [2.05, 4.69) is 17.1 Å². The van der Waals surface area contributed by atoms with Gasteiger partial charge in [0, 0.05) is 32.7 Å². The van der Waals surface area contributed by atoms with Crippen LogP contribution in [0.4, 0.5) is 0 Å². The second kappa shape index (κ2) is 7.60. The van der Waals surface area contributed by atoms with E-state index in [-0.39, 0.29) is 5.75 Å². The van der Waals surface area contributed by atoms with Crippen LogP contribution in [0, 0.1) is 5.92 Å². The first-order valence-electron chi connectivity index (χ1n) is 8.52. The molecule has 1 aliphatic carbocycles. The van der Waals surface area contributed by atoms with Crippen LogP contribution < -0.4 is 0 Å². The quantitative estimate of drug-likeness (QED) is 0.777. The zero-order valence-corrected chi connectivity index (χ0v) is 14.4. The van der Waals surface area contributed by atoms with E-state index >= 15 is 0 Å². The molecular weight excluding hydrogens is 308 g/mol. The Labute approximate surface area is 139 Å². The molecule has 0 radical (unpaired) electrons. The first kappa shape index (κ1) is 16.7. The number of hydrogen-bond acceptors (Lipinski definition) is 3. The summed E-state index contributed by atoms with van der Waals surface area (Å²) in [6.07, 6.45) is 8.19. The number of piperazine rings is 1. The molecule has 1 heterocycles. The first-order valence-corrected chi connectivity index (χ1v) is 10.1. The molecule has 4 nitrogen and oxygen atoms in total. The van der Waals surface area contributed by atoms with Crippen molar-refractivity contribution in [3.05, 3.63) is 48.0 Å². The molecule has 3 rings (SSSR count). The highest BCUT2D eigenvalue weighted by Gasteiger charge is 2.27. The van der Waals surface area contributed by atoms with Crippen molar-refractivity contribution in [2.24, 2.45) is 5.92 Å². The van der Waals surface area contributed by atoms with Gasteiger partial charge in [-0.25, -0.2) is 8.42 Å². The second-order valence-electron chi connectivity index (χ2n) is 6.59. The minimum Gasteiger partial charge on any atom is -0.300 e. The molecule has 126 valence electrons. The number of sulfonamides is 1. The fourth-order valence-electron chi connectivity index (χ4n) is 3.45. The molecule has 23 heavy (non-hydrogen) atoms. The summed E-state index contributed by atoms with van der Waals surface area (Å²) in [5.74, 6) is 0.855. The summed E-state index contributed by atoms with van der Waals surface area (Å²) in [5.41, 5.74) is 0.865. The minimum absolute atomic E-state index is 0.112. The van der Waals surface area contributed by atoms with E-state index in [1.807, 2.05) is 30.3 Å². The Morgan fingerprint density at radius 2 is 1.74 bits per heavy atom. The van der Waals surface area contributed by atoms with Crippen LogP contribution in [0.25, 0.3) is 0 Å². The van der Waals surface area contributed by atoms with Crippen molar-refractivity contribution in [2.75, 3.05) is 32.7 Å². The highest BCUT2D eigenvalue weighted by atomic mass is 32.2. The van der Waals surface area contributed by atoms with Crippen molar-refractivity contribution in [1.82, 2.24) is 9.21 Å². The van der Waals surface area contributed by atoms with Gasteiger partial charge in [-0.1, -0.05) is 42.5 Å². The van der Waals surface area contributed by atoms with Crippen LogP contribution in [-0.4, -0.2) is 50.3 Å². The smallest absolute Gasteiger partial charge is 0.218 e. The van der Waals surface area contributed by atoms with E-state index in [1.54, 1.807) is 4.31 Å². The highest BCUT2D eigenvalue weighted by Crippen LogP contribution is 2.21. The lowest BCUT2D eigenvalue weighted by Gasteiger charge is -2.36. The molecule has 1 aromatic rings. The van der Waals surface area contributed by atoms with Gasteiger partial charge >= 0.3 is 0 Å². The molecule has 1 saturated heterocycles. The average Bonchev–Trinajstić information content (AvgIpc) is 2.57. The van der Waals surface area contributed by atoms with Crippen LogP contribution >= 0.6 is 0 Å². The summed E-state index contributed by atoms with van der Waals surface area (Å²) < 4.78 is 26.8. The summed E-state index contributed by atoms with van der Waals surface area (Å²) in [4.78, 5) is 2.43. The maximum atomic E-state index is 12.5. The number of hydrogen-bond donors (Lipinski definition) is 0. The number of rotatable bonds is 5. The van der Waals surface area contributed by atoms with Crippen LogP contribution in [0.2, 0.25) is 0 Å². The third-order valence-corrected chi connectivity index (χ3v) is 6.66. The van der Waals surface area contributed by atoms with Gasteiger partial charge in [0.2, 0.25) is 10.0 Å². The van der Waals surface area contributed by atoms with Crippen LogP contribution in [-0.2, 0) is 15.8 Å². The third kappa shape index (κ3) is 4.66. The van der Waals surface area contributed by atoms with Gasteiger partial charge in [0.25, 0.3) is 0 Å². The maximum absolute atomic E-state index is 12.5. The van der Waals surface area contributed by atoms with E-state index in [9.17, 15) is 8.42 Å². The zero-order valence-electron chi connectivity index (χ0n) is 13.6. The van der Waals surface area contributed by atoms with Crippen molar-refractivity contribution in [2.45, 2.75) is 25.0 Å². The Kier molecular flexibility index (Phi) is 5.51. The Morgan fingerprint density at radius 3 is 2.39 bits per heavy atom. The van der Waals surface area contributed by atoms with Crippen LogP contribution in [0.1, 0.15) is 24.8 Å². The van der Waals surface area contributed by atoms with Crippen LogP contribution in [0.5, 0.6) is 0 Å². The molecule has 0 saturated carbocycles. The Hall–Kier alpha value is -1.17. The van der Waals surface area contributed by atoms with Crippen molar-refractivity contribution < 1.29 is 8.42 Å². The standard InChI is InChI=1S/C18H26N2O2S/c21-23(22,16-18-9-5-2-6-10-18)20-13-11-19(12-14-20)15-17-7-3-1-4-8-17/h1-3,5-6,9-10,17H,4,7-8,11-16H2/t17-/m0/s1. The molecule has 5 heteroatoms. The molecule has 1 atom stereocenters. The minimum atomic E-state index is -3.20. The van der Waals surface area contributed by atoms with E-state index in [1.165, 1.54) is 19.3 Å². The van der Waals surface area contributed by atoms with Gasteiger partial charge in [-0.2, -0.15) is 4.31 Å². The van der Waals surface area contributed by atoms with Gasteiger partial charge in [-0.05, 0) is 30.7 Å². The summed E-state index contributed by atoms with van der Waals surface area (Å²) in [6.45, 7) is 4.06. The van der Waals surface area contributed by atoms with E-state index in [4.69, 9.17) is 0 Å². The zero-order chi connectivity index (χ0) is 16.1. The molecule has 0 aromatic heterocycles. The maximum Gasteiger partial charge on any atom is 0.218 e. The highest BCUT2D eigenvalue weighted by molar-refractivity contribution is 7.88. The van der Waals surface area contributed by atoms with Crippen molar-refractivity contribution in [1.29, 1.82) is 0 Å². The summed E-state index contributed by atoms with van der Waals surface area (Å²) in [6, 6.07) is 9.45. The molecule has 0 bridgehead atoms. The average molecular weight is 334 g/mol. The number of benzene rings is 1. The normalized spacial score (nSPS) is 23.9. The van der Waals surface area contributed by atoms with Crippen LogP contribution in [0.3, 0.4) is 0 Å². The van der Waals surface area contributed by atoms with E-state index in [0.717, 1.165) is 31.1 Å². The third-order valence-electron chi connectivity index (χ3n) is 4.81. The first-order chi connectivity index (χ1) is 11.1. The lowest BCUT2D eigenvalue weighted by atomic mass is 9.94. The summed E-state index contributed by atoms with van der Waals surface area (Å²) >= 11 is 0. The molecule has 0 N–H and O–H groups in total. The largest absolute Gasteiger partial charge is 0.300 e. The fourth-order valence-corrected chi connectivity index (χ4v) is 4.97. The molecule has 1 fully saturated rings. The van der Waals surface area contributed by atoms with Gasteiger partial charge < -0.3 is 4.90 Å². The lowest BCUT2D eigenvalue weighted by molar-refractivity contribution is 0.160. The molecule has 0 amide bonds. The van der Waals surface area contributed by atoms with Gasteiger partial charge in [-0.15, -0.1) is 0 Å².